The molecule has 1 heterocycles. The fraction of sp³-hybridized carbons (Fsp3) is 0.214. The molecular weight excluding hydrogens is 198 g/mol. The van der Waals surface area contributed by atoms with E-state index in [4.69, 9.17) is 4.74 Å². The summed E-state index contributed by atoms with van der Waals surface area (Å²) >= 11 is 0. The summed E-state index contributed by atoms with van der Waals surface area (Å²) in [6, 6.07) is 12.3. The Bertz CT molecular complexity index is 445. The van der Waals surface area contributed by atoms with Crippen molar-refractivity contribution in [3.63, 3.8) is 0 Å². The van der Waals surface area contributed by atoms with E-state index < -0.39 is 0 Å². The minimum atomic E-state index is 0.650. The number of hydrogen-bond acceptors (Lipinski definition) is 2. The second-order valence-electron chi connectivity index (χ2n) is 3.68. The van der Waals surface area contributed by atoms with Crippen molar-refractivity contribution in [3.05, 3.63) is 48.2 Å². The zero-order chi connectivity index (χ0) is 11.4. The van der Waals surface area contributed by atoms with Crippen molar-refractivity contribution in [1.82, 2.24) is 4.98 Å². The van der Waals surface area contributed by atoms with Crippen LogP contribution < -0.4 is 4.74 Å². The zero-order valence-electron chi connectivity index (χ0n) is 9.60. The molecule has 2 nitrogen and oxygen atoms in total. The third-order valence-electron chi connectivity index (χ3n) is 2.41. The lowest BCUT2D eigenvalue weighted by atomic mass is 10.1. The molecule has 0 saturated heterocycles. The smallest absolute Gasteiger partial charge is 0.213 e. The van der Waals surface area contributed by atoms with Gasteiger partial charge in [0, 0.05) is 17.8 Å². The molecule has 2 aromatic rings. The number of benzene rings is 1. The first-order valence-electron chi connectivity index (χ1n) is 5.45. The highest BCUT2D eigenvalue weighted by atomic mass is 16.5. The first kappa shape index (κ1) is 10.7. The highest BCUT2D eigenvalue weighted by molar-refractivity contribution is 5.62. The molecule has 2 heteroatoms. The second-order valence-corrected chi connectivity index (χ2v) is 3.68. The predicted molar refractivity (Wildman–Crippen MR) is 65.6 cm³/mol. The Morgan fingerprint density at radius 3 is 2.25 bits per heavy atom. The molecule has 1 aromatic heterocycles. The number of rotatable bonds is 3. The van der Waals surface area contributed by atoms with Gasteiger partial charge in [0.15, 0.2) is 0 Å². The SMILES string of the molecule is CCOc1ccc(-c2ccc(C)cc2)cn1. The lowest BCUT2D eigenvalue weighted by Crippen LogP contribution is -1.93. The van der Waals surface area contributed by atoms with Crippen molar-refractivity contribution in [3.8, 4) is 17.0 Å². The Morgan fingerprint density at radius 1 is 1.00 bits per heavy atom. The minimum absolute atomic E-state index is 0.650. The van der Waals surface area contributed by atoms with Crippen molar-refractivity contribution in [2.75, 3.05) is 6.61 Å². The molecule has 0 bridgehead atoms. The van der Waals surface area contributed by atoms with Gasteiger partial charge in [-0.15, -0.1) is 0 Å². The van der Waals surface area contributed by atoms with Gasteiger partial charge in [-0.25, -0.2) is 4.98 Å². The van der Waals surface area contributed by atoms with Gasteiger partial charge in [-0.1, -0.05) is 29.8 Å². The third-order valence-corrected chi connectivity index (χ3v) is 2.41. The van der Waals surface area contributed by atoms with Crippen LogP contribution in [0.1, 0.15) is 12.5 Å². The van der Waals surface area contributed by atoms with E-state index in [-0.39, 0.29) is 0 Å². The van der Waals surface area contributed by atoms with Crippen molar-refractivity contribution in [1.29, 1.82) is 0 Å². The van der Waals surface area contributed by atoms with Crippen molar-refractivity contribution >= 4 is 0 Å². The Morgan fingerprint density at radius 2 is 1.69 bits per heavy atom. The van der Waals surface area contributed by atoms with Crippen LogP contribution in [0.5, 0.6) is 5.88 Å². The van der Waals surface area contributed by atoms with Crippen LogP contribution >= 0.6 is 0 Å². The molecule has 82 valence electrons. The molecule has 0 saturated carbocycles. The summed E-state index contributed by atoms with van der Waals surface area (Å²) in [5.41, 5.74) is 3.56. The summed E-state index contributed by atoms with van der Waals surface area (Å²) in [5.74, 6) is 0.679. The highest BCUT2D eigenvalue weighted by Gasteiger charge is 1.98. The van der Waals surface area contributed by atoms with E-state index >= 15 is 0 Å². The molecule has 0 spiro atoms. The Hall–Kier alpha value is -1.83. The molecule has 0 aliphatic rings. The van der Waals surface area contributed by atoms with E-state index in [0.717, 1.165) is 5.56 Å². The van der Waals surface area contributed by atoms with Gasteiger partial charge in [0.1, 0.15) is 0 Å². The molecule has 0 radical (unpaired) electrons. The minimum Gasteiger partial charge on any atom is -0.478 e. The number of nitrogens with zero attached hydrogens (tertiary/aromatic N) is 1. The molecule has 16 heavy (non-hydrogen) atoms. The van der Waals surface area contributed by atoms with E-state index in [2.05, 4.69) is 36.2 Å². The van der Waals surface area contributed by atoms with E-state index in [0.29, 0.717) is 12.5 Å². The van der Waals surface area contributed by atoms with Crippen LogP contribution in [0.4, 0.5) is 0 Å². The fourth-order valence-electron chi connectivity index (χ4n) is 1.53. The van der Waals surface area contributed by atoms with Gasteiger partial charge >= 0.3 is 0 Å². The van der Waals surface area contributed by atoms with Crippen LogP contribution in [0.25, 0.3) is 11.1 Å². The zero-order valence-corrected chi connectivity index (χ0v) is 9.60. The topological polar surface area (TPSA) is 22.1 Å². The summed E-state index contributed by atoms with van der Waals surface area (Å²) < 4.78 is 5.30. The molecule has 1 aromatic carbocycles. The van der Waals surface area contributed by atoms with Gasteiger partial charge in [0.05, 0.1) is 6.61 Å². The molecule has 0 aliphatic carbocycles. The van der Waals surface area contributed by atoms with Gasteiger partial charge < -0.3 is 4.74 Å². The second kappa shape index (κ2) is 4.79. The molecule has 0 aliphatic heterocycles. The van der Waals surface area contributed by atoms with E-state index in [9.17, 15) is 0 Å². The maximum atomic E-state index is 5.30. The number of aromatic nitrogens is 1. The van der Waals surface area contributed by atoms with Crippen molar-refractivity contribution < 1.29 is 4.74 Å². The molecule has 0 N–H and O–H groups in total. The number of pyridine rings is 1. The maximum absolute atomic E-state index is 5.30. The average Bonchev–Trinajstić information content (AvgIpc) is 2.32. The average molecular weight is 213 g/mol. The van der Waals surface area contributed by atoms with Crippen molar-refractivity contribution in [2.45, 2.75) is 13.8 Å². The van der Waals surface area contributed by atoms with Crippen LogP contribution in [0.2, 0.25) is 0 Å². The largest absolute Gasteiger partial charge is 0.478 e. The molecule has 0 atom stereocenters. The molecule has 2 rings (SSSR count). The number of hydrogen-bond donors (Lipinski definition) is 0. The highest BCUT2D eigenvalue weighted by Crippen LogP contribution is 2.20. The lowest BCUT2D eigenvalue weighted by molar-refractivity contribution is 0.327. The van der Waals surface area contributed by atoms with E-state index in [1.807, 2.05) is 25.3 Å². The van der Waals surface area contributed by atoms with E-state index in [1.54, 1.807) is 0 Å². The molecule has 0 unspecified atom stereocenters. The van der Waals surface area contributed by atoms with Crippen LogP contribution in [0.3, 0.4) is 0 Å². The summed E-state index contributed by atoms with van der Waals surface area (Å²) in [7, 11) is 0. The van der Waals surface area contributed by atoms with Gasteiger partial charge in [-0.2, -0.15) is 0 Å². The lowest BCUT2D eigenvalue weighted by Gasteiger charge is -2.04. The summed E-state index contributed by atoms with van der Waals surface area (Å²) in [6.07, 6.45) is 1.84. The Labute approximate surface area is 95.9 Å². The first-order valence-corrected chi connectivity index (χ1v) is 5.45. The fourth-order valence-corrected chi connectivity index (χ4v) is 1.53. The number of aryl methyl sites for hydroxylation is 1. The quantitative estimate of drug-likeness (QED) is 0.779. The first-order chi connectivity index (χ1) is 7.79. The monoisotopic (exact) mass is 213 g/mol. The van der Waals surface area contributed by atoms with Crippen LogP contribution in [-0.2, 0) is 0 Å². The number of ether oxygens (including phenoxy) is 1. The third kappa shape index (κ3) is 2.40. The Kier molecular flexibility index (Phi) is 3.20. The van der Waals surface area contributed by atoms with E-state index in [1.165, 1.54) is 11.1 Å². The van der Waals surface area contributed by atoms with Gasteiger partial charge in [-0.05, 0) is 25.5 Å². The van der Waals surface area contributed by atoms with Gasteiger partial charge in [0.25, 0.3) is 0 Å². The van der Waals surface area contributed by atoms with Gasteiger partial charge in [-0.3, -0.25) is 0 Å². The van der Waals surface area contributed by atoms with Crippen LogP contribution in [0, 0.1) is 6.92 Å². The molecular formula is C14H15NO. The predicted octanol–water partition coefficient (Wildman–Crippen LogP) is 3.46. The van der Waals surface area contributed by atoms with Gasteiger partial charge in [0.2, 0.25) is 5.88 Å². The molecule has 0 amide bonds. The molecule has 0 fully saturated rings. The standard InChI is InChI=1S/C14H15NO/c1-3-16-14-9-8-13(10-15-14)12-6-4-11(2)5-7-12/h4-10H,3H2,1-2H3. The summed E-state index contributed by atoms with van der Waals surface area (Å²) in [6.45, 7) is 4.69. The summed E-state index contributed by atoms with van der Waals surface area (Å²) in [4.78, 5) is 4.25. The normalized spacial score (nSPS) is 10.1. The van der Waals surface area contributed by atoms with Crippen molar-refractivity contribution in [2.24, 2.45) is 0 Å². The van der Waals surface area contributed by atoms with Crippen LogP contribution in [0.15, 0.2) is 42.6 Å². The summed E-state index contributed by atoms with van der Waals surface area (Å²) in [5, 5.41) is 0. The Balaban J connectivity index is 2.24. The van der Waals surface area contributed by atoms with Crippen LogP contribution in [-0.4, -0.2) is 11.6 Å². The maximum Gasteiger partial charge on any atom is 0.213 e.